The lowest BCUT2D eigenvalue weighted by molar-refractivity contribution is 1.06. The number of rotatable bonds is 2. The first-order valence-electron chi connectivity index (χ1n) is 5.85. The first-order chi connectivity index (χ1) is 9.66. The standard InChI is InChI=1S/C14H10BrClN4/c15-9-3-4-12(11(16)6-9)20-8-18-7-13(20)10-2-1-5-19-14(10)17/h1-8H,(H2,17,19). The average Bonchev–Trinajstić information content (AvgIpc) is 2.88. The molecule has 0 amide bonds. The van der Waals surface area contributed by atoms with Crippen LogP contribution >= 0.6 is 27.5 Å². The summed E-state index contributed by atoms with van der Waals surface area (Å²) in [5, 5.41) is 0.626. The fourth-order valence-corrected chi connectivity index (χ4v) is 2.76. The number of pyridine rings is 1. The van der Waals surface area contributed by atoms with Crippen LogP contribution in [0, 0.1) is 0 Å². The SMILES string of the molecule is Nc1ncccc1-c1cncn1-c1ccc(Br)cc1Cl. The smallest absolute Gasteiger partial charge is 0.132 e. The second kappa shape index (κ2) is 5.26. The molecule has 0 aliphatic rings. The van der Waals surface area contributed by atoms with Crippen LogP contribution < -0.4 is 5.73 Å². The zero-order chi connectivity index (χ0) is 14.1. The Labute approximate surface area is 129 Å². The Bertz CT molecular complexity index is 769. The van der Waals surface area contributed by atoms with Crippen LogP contribution in [0.15, 0.2) is 53.5 Å². The molecule has 20 heavy (non-hydrogen) atoms. The Balaban J connectivity index is 2.18. The van der Waals surface area contributed by atoms with Gasteiger partial charge in [-0.15, -0.1) is 0 Å². The topological polar surface area (TPSA) is 56.7 Å². The highest BCUT2D eigenvalue weighted by atomic mass is 79.9. The molecule has 0 aliphatic heterocycles. The summed E-state index contributed by atoms with van der Waals surface area (Å²) >= 11 is 9.69. The molecular formula is C14H10BrClN4. The maximum absolute atomic E-state index is 6.29. The number of halogens is 2. The van der Waals surface area contributed by atoms with Crippen molar-refractivity contribution in [2.45, 2.75) is 0 Å². The Morgan fingerprint density at radius 2 is 2.10 bits per heavy atom. The van der Waals surface area contributed by atoms with Crippen molar-refractivity contribution in [2.75, 3.05) is 5.73 Å². The third kappa shape index (κ3) is 2.30. The molecule has 0 aliphatic carbocycles. The lowest BCUT2D eigenvalue weighted by atomic mass is 10.2. The van der Waals surface area contributed by atoms with E-state index in [1.165, 1.54) is 0 Å². The lowest BCUT2D eigenvalue weighted by Crippen LogP contribution is -1.99. The molecule has 3 aromatic rings. The van der Waals surface area contributed by atoms with E-state index in [2.05, 4.69) is 25.9 Å². The second-order valence-electron chi connectivity index (χ2n) is 4.18. The van der Waals surface area contributed by atoms with Gasteiger partial charge >= 0.3 is 0 Å². The highest BCUT2D eigenvalue weighted by Crippen LogP contribution is 2.30. The molecule has 0 fully saturated rings. The van der Waals surface area contributed by atoms with E-state index in [0.717, 1.165) is 21.4 Å². The fourth-order valence-electron chi connectivity index (χ4n) is 2.00. The number of nitrogens with zero attached hydrogens (tertiary/aromatic N) is 3. The number of nitrogens with two attached hydrogens (primary N) is 1. The predicted molar refractivity (Wildman–Crippen MR) is 83.9 cm³/mol. The van der Waals surface area contributed by atoms with Gasteiger partial charge in [-0.3, -0.25) is 4.57 Å². The number of anilines is 1. The van der Waals surface area contributed by atoms with Crippen molar-refractivity contribution < 1.29 is 0 Å². The Morgan fingerprint density at radius 3 is 2.85 bits per heavy atom. The van der Waals surface area contributed by atoms with Crippen LogP contribution in [0.5, 0.6) is 0 Å². The predicted octanol–water partition coefficient (Wildman–Crippen LogP) is 3.93. The van der Waals surface area contributed by atoms with Gasteiger partial charge in [-0.25, -0.2) is 9.97 Å². The summed E-state index contributed by atoms with van der Waals surface area (Å²) in [5.74, 6) is 0.461. The number of hydrogen-bond donors (Lipinski definition) is 1. The van der Waals surface area contributed by atoms with Crippen molar-refractivity contribution in [3.05, 3.63) is 58.5 Å². The van der Waals surface area contributed by atoms with Gasteiger partial charge in [0.1, 0.15) is 5.82 Å². The van der Waals surface area contributed by atoms with Crippen molar-refractivity contribution in [2.24, 2.45) is 0 Å². The van der Waals surface area contributed by atoms with Crippen LogP contribution in [-0.2, 0) is 0 Å². The van der Waals surface area contributed by atoms with E-state index in [9.17, 15) is 0 Å². The molecule has 2 N–H and O–H groups in total. The van der Waals surface area contributed by atoms with E-state index in [1.807, 2.05) is 34.9 Å². The van der Waals surface area contributed by atoms with Crippen LogP contribution in [0.2, 0.25) is 5.02 Å². The van der Waals surface area contributed by atoms with Crippen LogP contribution in [0.1, 0.15) is 0 Å². The van der Waals surface area contributed by atoms with E-state index in [0.29, 0.717) is 10.8 Å². The number of imidazole rings is 1. The van der Waals surface area contributed by atoms with Crippen LogP contribution in [-0.4, -0.2) is 14.5 Å². The molecule has 0 unspecified atom stereocenters. The van der Waals surface area contributed by atoms with Crippen molar-refractivity contribution >= 4 is 33.3 Å². The molecule has 6 heteroatoms. The van der Waals surface area contributed by atoms with Crippen molar-refractivity contribution in [3.8, 4) is 16.9 Å². The monoisotopic (exact) mass is 348 g/mol. The zero-order valence-electron chi connectivity index (χ0n) is 10.3. The zero-order valence-corrected chi connectivity index (χ0v) is 12.6. The van der Waals surface area contributed by atoms with Gasteiger partial charge in [0.15, 0.2) is 0 Å². The van der Waals surface area contributed by atoms with Gasteiger partial charge in [0.05, 0.1) is 28.9 Å². The molecule has 0 saturated heterocycles. The van der Waals surface area contributed by atoms with Crippen molar-refractivity contribution in [1.82, 2.24) is 14.5 Å². The molecule has 0 bridgehead atoms. The number of benzene rings is 1. The summed E-state index contributed by atoms with van der Waals surface area (Å²) in [5.41, 5.74) is 8.44. The molecule has 2 heterocycles. The third-order valence-electron chi connectivity index (χ3n) is 2.92. The molecule has 0 radical (unpaired) electrons. The molecule has 2 aromatic heterocycles. The molecule has 1 aromatic carbocycles. The first kappa shape index (κ1) is 13.1. The van der Waals surface area contributed by atoms with Gasteiger partial charge in [-0.05, 0) is 30.3 Å². The minimum Gasteiger partial charge on any atom is -0.383 e. The maximum Gasteiger partial charge on any atom is 0.132 e. The van der Waals surface area contributed by atoms with E-state index in [4.69, 9.17) is 17.3 Å². The normalized spacial score (nSPS) is 10.7. The molecule has 0 saturated carbocycles. The van der Waals surface area contributed by atoms with E-state index >= 15 is 0 Å². The molecule has 100 valence electrons. The van der Waals surface area contributed by atoms with Crippen molar-refractivity contribution in [3.63, 3.8) is 0 Å². The third-order valence-corrected chi connectivity index (χ3v) is 3.72. The Morgan fingerprint density at radius 1 is 1.25 bits per heavy atom. The summed E-state index contributed by atoms with van der Waals surface area (Å²) < 4.78 is 2.82. The largest absolute Gasteiger partial charge is 0.383 e. The van der Waals surface area contributed by atoms with Crippen LogP contribution in [0.4, 0.5) is 5.82 Å². The molecule has 3 rings (SSSR count). The second-order valence-corrected chi connectivity index (χ2v) is 5.50. The van der Waals surface area contributed by atoms with Gasteiger partial charge in [0.25, 0.3) is 0 Å². The summed E-state index contributed by atoms with van der Waals surface area (Å²) in [4.78, 5) is 8.29. The molecule has 0 spiro atoms. The van der Waals surface area contributed by atoms with Gasteiger partial charge < -0.3 is 5.73 Å². The quantitative estimate of drug-likeness (QED) is 0.762. The number of hydrogen-bond acceptors (Lipinski definition) is 3. The molecule has 4 nitrogen and oxygen atoms in total. The Hall–Kier alpha value is -1.85. The number of aromatic nitrogens is 3. The minimum absolute atomic E-state index is 0.461. The Kier molecular flexibility index (Phi) is 3.46. The fraction of sp³-hybridized carbons (Fsp3) is 0. The van der Waals surface area contributed by atoms with E-state index < -0.39 is 0 Å². The molecular weight excluding hydrogens is 340 g/mol. The van der Waals surface area contributed by atoms with Gasteiger partial charge in [0.2, 0.25) is 0 Å². The van der Waals surface area contributed by atoms with Crippen LogP contribution in [0.25, 0.3) is 16.9 Å². The lowest BCUT2D eigenvalue weighted by Gasteiger charge is -2.11. The van der Waals surface area contributed by atoms with Gasteiger partial charge in [-0.1, -0.05) is 27.5 Å². The summed E-state index contributed by atoms with van der Waals surface area (Å²) in [6.07, 6.45) is 5.11. The van der Waals surface area contributed by atoms with Gasteiger partial charge in [-0.2, -0.15) is 0 Å². The highest BCUT2D eigenvalue weighted by molar-refractivity contribution is 9.10. The van der Waals surface area contributed by atoms with E-state index in [1.54, 1.807) is 18.7 Å². The summed E-state index contributed by atoms with van der Waals surface area (Å²) in [7, 11) is 0. The number of nitrogen functional groups attached to an aromatic ring is 1. The van der Waals surface area contributed by atoms with Gasteiger partial charge in [0, 0.05) is 16.2 Å². The van der Waals surface area contributed by atoms with E-state index in [-0.39, 0.29) is 0 Å². The summed E-state index contributed by atoms with van der Waals surface area (Å²) in [6.45, 7) is 0. The first-order valence-corrected chi connectivity index (χ1v) is 7.02. The highest BCUT2D eigenvalue weighted by Gasteiger charge is 2.12. The van der Waals surface area contributed by atoms with Crippen molar-refractivity contribution in [1.29, 1.82) is 0 Å². The minimum atomic E-state index is 0.461. The molecule has 0 atom stereocenters. The maximum atomic E-state index is 6.29. The average molecular weight is 350 g/mol. The van der Waals surface area contributed by atoms with Crippen LogP contribution in [0.3, 0.4) is 0 Å². The summed E-state index contributed by atoms with van der Waals surface area (Å²) in [6, 6.07) is 9.43.